The summed E-state index contributed by atoms with van der Waals surface area (Å²) in [5, 5.41) is 15.9. The van der Waals surface area contributed by atoms with E-state index in [1.807, 2.05) is 13.1 Å². The predicted octanol–water partition coefficient (Wildman–Crippen LogP) is 3.52. The van der Waals surface area contributed by atoms with Crippen molar-refractivity contribution >= 4 is 11.7 Å². The first kappa shape index (κ1) is 19.3. The minimum atomic E-state index is -0.245. The number of amides is 2. The lowest BCUT2D eigenvalue weighted by Crippen LogP contribution is -2.53. The Bertz CT molecular complexity index is 943. The van der Waals surface area contributed by atoms with Gasteiger partial charge in [-0.05, 0) is 50.4 Å². The van der Waals surface area contributed by atoms with Crippen LogP contribution >= 0.6 is 0 Å². The first-order chi connectivity index (χ1) is 14.0. The van der Waals surface area contributed by atoms with Crippen LogP contribution in [0.15, 0.2) is 48.5 Å². The highest BCUT2D eigenvalue weighted by molar-refractivity contribution is 5.97. The number of anilines is 1. The Labute approximate surface area is 171 Å². The van der Waals surface area contributed by atoms with Crippen molar-refractivity contribution in [1.29, 1.82) is 5.26 Å². The number of nitrogens with zero attached hydrogens (tertiary/aromatic N) is 2. The SMILES string of the molecule is CN[C@]1(c2ccccc2)CC[C@]2(CC1)CN(c1ccc(C#N)cc1OC)C(=O)N2. The van der Waals surface area contributed by atoms with Crippen LogP contribution in [0.4, 0.5) is 10.5 Å². The van der Waals surface area contributed by atoms with Gasteiger partial charge in [0.05, 0.1) is 36.5 Å². The molecule has 0 radical (unpaired) electrons. The van der Waals surface area contributed by atoms with Crippen molar-refractivity contribution in [3.8, 4) is 11.8 Å². The maximum absolute atomic E-state index is 12.9. The van der Waals surface area contributed by atoms with Crippen LogP contribution in [-0.2, 0) is 5.54 Å². The smallest absolute Gasteiger partial charge is 0.322 e. The Hall–Kier alpha value is -3.04. The van der Waals surface area contributed by atoms with Gasteiger partial charge >= 0.3 is 6.03 Å². The highest BCUT2D eigenvalue weighted by Crippen LogP contribution is 2.44. The van der Waals surface area contributed by atoms with E-state index in [4.69, 9.17) is 10.00 Å². The molecule has 0 aromatic heterocycles. The van der Waals surface area contributed by atoms with Gasteiger partial charge in [-0.3, -0.25) is 4.90 Å². The number of hydrogen-bond donors (Lipinski definition) is 2. The van der Waals surface area contributed by atoms with Crippen LogP contribution in [0.2, 0.25) is 0 Å². The summed E-state index contributed by atoms with van der Waals surface area (Å²) in [6.45, 7) is 0.600. The standard InChI is InChI=1S/C23H26N4O2/c1-25-23(18-6-4-3-5-7-18)12-10-22(11-13-23)16-27(21(28)26-22)19-9-8-17(15-24)14-20(19)29-2/h3-9,14,25H,10-13,16H2,1-2H3,(H,26,28)/t22-,23+. The minimum absolute atomic E-state index is 0.0587. The normalized spacial score (nSPS) is 26.2. The molecule has 1 aliphatic heterocycles. The molecule has 0 bridgehead atoms. The summed E-state index contributed by atoms with van der Waals surface area (Å²) in [6.07, 6.45) is 3.69. The second-order valence-electron chi connectivity index (χ2n) is 7.99. The van der Waals surface area contributed by atoms with Crippen LogP contribution in [0, 0.1) is 11.3 Å². The average Bonchev–Trinajstić information content (AvgIpc) is 3.10. The van der Waals surface area contributed by atoms with Gasteiger partial charge in [0.15, 0.2) is 0 Å². The third-order valence-electron chi connectivity index (χ3n) is 6.54. The van der Waals surface area contributed by atoms with E-state index in [1.54, 1.807) is 30.2 Å². The highest BCUT2D eigenvalue weighted by atomic mass is 16.5. The molecular formula is C23H26N4O2. The Balaban J connectivity index is 1.55. The van der Waals surface area contributed by atoms with Gasteiger partial charge in [-0.15, -0.1) is 0 Å². The number of carbonyl (C=O) groups is 1. The Morgan fingerprint density at radius 1 is 1.14 bits per heavy atom. The number of nitriles is 1. The Morgan fingerprint density at radius 2 is 1.86 bits per heavy atom. The van der Waals surface area contributed by atoms with Crippen molar-refractivity contribution < 1.29 is 9.53 Å². The maximum Gasteiger partial charge on any atom is 0.322 e. The fourth-order valence-electron chi connectivity index (χ4n) is 4.75. The zero-order valence-electron chi connectivity index (χ0n) is 16.9. The molecule has 1 spiro atoms. The fourth-order valence-corrected chi connectivity index (χ4v) is 4.75. The van der Waals surface area contributed by atoms with Crippen molar-refractivity contribution in [2.24, 2.45) is 0 Å². The summed E-state index contributed by atoms with van der Waals surface area (Å²) in [7, 11) is 3.58. The van der Waals surface area contributed by atoms with E-state index in [2.05, 4.69) is 41.0 Å². The second kappa shape index (κ2) is 7.41. The van der Waals surface area contributed by atoms with E-state index in [1.165, 1.54) is 5.56 Å². The van der Waals surface area contributed by atoms with Gasteiger partial charge in [0.2, 0.25) is 0 Å². The largest absolute Gasteiger partial charge is 0.495 e. The number of methoxy groups -OCH3 is 1. The third-order valence-corrected chi connectivity index (χ3v) is 6.54. The average molecular weight is 390 g/mol. The number of ether oxygens (including phenoxy) is 1. The summed E-state index contributed by atoms with van der Waals surface area (Å²) < 4.78 is 5.45. The summed E-state index contributed by atoms with van der Waals surface area (Å²) in [5.41, 5.74) is 2.21. The monoisotopic (exact) mass is 390 g/mol. The van der Waals surface area contributed by atoms with E-state index < -0.39 is 0 Å². The number of rotatable bonds is 4. The lowest BCUT2D eigenvalue weighted by atomic mass is 9.69. The second-order valence-corrected chi connectivity index (χ2v) is 7.99. The van der Waals surface area contributed by atoms with Crippen molar-refractivity contribution in [3.63, 3.8) is 0 Å². The van der Waals surface area contributed by atoms with E-state index in [9.17, 15) is 4.79 Å². The van der Waals surface area contributed by atoms with Gasteiger partial charge in [-0.2, -0.15) is 5.26 Å². The van der Waals surface area contributed by atoms with Crippen LogP contribution in [0.25, 0.3) is 0 Å². The van der Waals surface area contributed by atoms with Crippen LogP contribution in [0.5, 0.6) is 5.75 Å². The Morgan fingerprint density at radius 3 is 2.48 bits per heavy atom. The lowest BCUT2D eigenvalue weighted by molar-refractivity contribution is 0.167. The van der Waals surface area contributed by atoms with Gasteiger partial charge in [0.25, 0.3) is 0 Å². The quantitative estimate of drug-likeness (QED) is 0.837. The number of hydrogen-bond acceptors (Lipinski definition) is 4. The summed E-state index contributed by atoms with van der Waals surface area (Å²) in [6, 6.07) is 17.7. The third kappa shape index (κ3) is 3.32. The van der Waals surface area contributed by atoms with Gasteiger partial charge in [0, 0.05) is 11.6 Å². The zero-order chi connectivity index (χ0) is 20.5. The number of carbonyl (C=O) groups excluding carboxylic acids is 1. The van der Waals surface area contributed by atoms with Crippen molar-refractivity contribution in [2.75, 3.05) is 25.6 Å². The molecule has 6 heteroatoms. The summed E-state index contributed by atoms with van der Waals surface area (Å²) >= 11 is 0. The molecule has 1 saturated carbocycles. The minimum Gasteiger partial charge on any atom is -0.495 e. The summed E-state index contributed by atoms with van der Waals surface area (Å²) in [5.74, 6) is 0.543. The molecule has 150 valence electrons. The molecule has 0 atom stereocenters. The first-order valence-corrected chi connectivity index (χ1v) is 9.97. The zero-order valence-corrected chi connectivity index (χ0v) is 16.9. The number of benzene rings is 2. The summed E-state index contributed by atoms with van der Waals surface area (Å²) in [4.78, 5) is 14.6. The molecule has 2 amide bonds. The molecule has 1 heterocycles. The van der Waals surface area contributed by atoms with E-state index in [0.29, 0.717) is 23.5 Å². The molecular weight excluding hydrogens is 364 g/mol. The molecule has 1 aliphatic carbocycles. The van der Waals surface area contributed by atoms with Gasteiger partial charge < -0.3 is 15.4 Å². The maximum atomic E-state index is 12.9. The predicted molar refractivity (Wildman–Crippen MR) is 112 cm³/mol. The molecule has 2 fully saturated rings. The van der Waals surface area contributed by atoms with Gasteiger partial charge in [-0.25, -0.2) is 4.79 Å². The molecule has 4 rings (SSSR count). The topological polar surface area (TPSA) is 77.4 Å². The fraction of sp³-hybridized carbons (Fsp3) is 0.391. The number of urea groups is 1. The van der Waals surface area contributed by atoms with Crippen molar-refractivity contribution in [1.82, 2.24) is 10.6 Å². The Kier molecular flexibility index (Phi) is 4.93. The van der Waals surface area contributed by atoms with Gasteiger partial charge in [0.1, 0.15) is 5.75 Å². The molecule has 1 saturated heterocycles. The molecule has 0 unspecified atom stereocenters. The number of nitrogens with one attached hydrogen (secondary N) is 2. The molecule has 2 N–H and O–H groups in total. The molecule has 2 aromatic carbocycles. The van der Waals surface area contributed by atoms with E-state index >= 15 is 0 Å². The van der Waals surface area contributed by atoms with E-state index in [-0.39, 0.29) is 17.1 Å². The molecule has 6 nitrogen and oxygen atoms in total. The molecule has 2 aromatic rings. The molecule has 2 aliphatic rings. The van der Waals surface area contributed by atoms with Crippen molar-refractivity contribution in [3.05, 3.63) is 59.7 Å². The lowest BCUT2D eigenvalue weighted by Gasteiger charge is -2.45. The van der Waals surface area contributed by atoms with Crippen molar-refractivity contribution in [2.45, 2.75) is 36.8 Å². The van der Waals surface area contributed by atoms with Crippen LogP contribution in [0.1, 0.15) is 36.8 Å². The van der Waals surface area contributed by atoms with Gasteiger partial charge in [-0.1, -0.05) is 30.3 Å². The highest BCUT2D eigenvalue weighted by Gasteiger charge is 2.49. The first-order valence-electron chi connectivity index (χ1n) is 9.97. The van der Waals surface area contributed by atoms with Crippen LogP contribution in [-0.4, -0.2) is 32.3 Å². The molecule has 29 heavy (non-hydrogen) atoms. The van der Waals surface area contributed by atoms with Crippen LogP contribution in [0.3, 0.4) is 0 Å². The van der Waals surface area contributed by atoms with E-state index in [0.717, 1.165) is 25.7 Å². The van der Waals surface area contributed by atoms with Crippen LogP contribution < -0.4 is 20.3 Å².